The van der Waals surface area contributed by atoms with Crippen LogP contribution in [0.3, 0.4) is 0 Å². The summed E-state index contributed by atoms with van der Waals surface area (Å²) in [4.78, 5) is 15.0. The highest BCUT2D eigenvalue weighted by atomic mass is 16.2. The van der Waals surface area contributed by atoms with E-state index in [9.17, 15) is 4.79 Å². The van der Waals surface area contributed by atoms with Crippen LogP contribution in [0.4, 0.5) is 0 Å². The maximum Gasteiger partial charge on any atom is 0.242 e. The van der Waals surface area contributed by atoms with Crippen molar-refractivity contribution in [2.45, 2.75) is 63.8 Å². The fraction of sp³-hybridized carbons (Fsp3) is 0.938. The first-order chi connectivity index (χ1) is 9.19. The highest BCUT2D eigenvalue weighted by Crippen LogP contribution is 2.37. The summed E-state index contributed by atoms with van der Waals surface area (Å²) in [6.07, 6.45) is 10.2. The zero-order valence-electron chi connectivity index (χ0n) is 12.3. The number of nitrogens with one attached hydrogen (secondary N) is 1. The Bertz CT molecular complexity index is 336. The second-order valence-corrected chi connectivity index (χ2v) is 7.06. The highest BCUT2D eigenvalue weighted by molar-refractivity contribution is 5.86. The lowest BCUT2D eigenvalue weighted by Gasteiger charge is -2.45. The Kier molecular flexibility index (Phi) is 3.84. The molecule has 3 heteroatoms. The topological polar surface area (TPSA) is 32.3 Å². The summed E-state index contributed by atoms with van der Waals surface area (Å²) < 4.78 is 0. The van der Waals surface area contributed by atoms with Gasteiger partial charge in [-0.25, -0.2) is 0 Å². The molecule has 19 heavy (non-hydrogen) atoms. The summed E-state index contributed by atoms with van der Waals surface area (Å²) in [6, 6.07) is 0. The van der Waals surface area contributed by atoms with E-state index in [-0.39, 0.29) is 5.54 Å². The van der Waals surface area contributed by atoms with Crippen LogP contribution in [0.25, 0.3) is 0 Å². The van der Waals surface area contributed by atoms with E-state index in [4.69, 9.17) is 0 Å². The fourth-order valence-corrected chi connectivity index (χ4v) is 4.37. The normalized spacial score (nSPS) is 39.7. The van der Waals surface area contributed by atoms with Crippen LogP contribution >= 0.6 is 0 Å². The van der Waals surface area contributed by atoms with E-state index in [0.717, 1.165) is 37.9 Å². The number of rotatable bonds is 1. The molecule has 2 heterocycles. The van der Waals surface area contributed by atoms with Gasteiger partial charge >= 0.3 is 0 Å². The Hall–Kier alpha value is -0.570. The fourth-order valence-electron chi connectivity index (χ4n) is 4.37. The zero-order chi connectivity index (χ0) is 13.3. The predicted octanol–water partition coefficient (Wildman–Crippen LogP) is 2.56. The number of hydrogen-bond donors (Lipinski definition) is 1. The maximum absolute atomic E-state index is 12.8. The van der Waals surface area contributed by atoms with Crippen LogP contribution in [0.5, 0.6) is 0 Å². The van der Waals surface area contributed by atoms with Crippen molar-refractivity contribution in [3.8, 4) is 0 Å². The van der Waals surface area contributed by atoms with Crippen LogP contribution in [-0.2, 0) is 4.79 Å². The predicted molar refractivity (Wildman–Crippen MR) is 76.9 cm³/mol. The van der Waals surface area contributed by atoms with E-state index in [0.29, 0.717) is 5.91 Å². The second kappa shape index (κ2) is 5.43. The number of carbonyl (C=O) groups excluding carboxylic acids is 1. The molecule has 3 atom stereocenters. The standard InChI is InChI=1S/C16H28N2O/c1-16(9-4-5-10-17-16)15(19)18-11-8-13-6-2-3-7-14(13)12-18/h13-14,17H,2-12H2,1H3. The largest absolute Gasteiger partial charge is 0.341 e. The number of fused-ring (bicyclic) bond motifs is 1. The Morgan fingerprint density at radius 3 is 2.63 bits per heavy atom. The average Bonchev–Trinajstić information content (AvgIpc) is 2.47. The molecular formula is C16H28N2O. The summed E-state index contributed by atoms with van der Waals surface area (Å²) in [5, 5.41) is 3.47. The molecule has 0 radical (unpaired) electrons. The SMILES string of the molecule is CC1(C(=O)N2CCC3CCCCC3C2)CCCCN1. The minimum absolute atomic E-state index is 0.278. The van der Waals surface area contributed by atoms with Crippen molar-refractivity contribution in [2.75, 3.05) is 19.6 Å². The Labute approximate surface area is 117 Å². The zero-order valence-corrected chi connectivity index (χ0v) is 12.3. The molecular weight excluding hydrogens is 236 g/mol. The third-order valence-corrected chi connectivity index (χ3v) is 5.67. The summed E-state index contributed by atoms with van der Waals surface area (Å²) in [6.45, 7) is 5.14. The van der Waals surface area contributed by atoms with Crippen LogP contribution in [-0.4, -0.2) is 36.0 Å². The van der Waals surface area contributed by atoms with Crippen LogP contribution in [0, 0.1) is 11.8 Å². The van der Waals surface area contributed by atoms with Crippen molar-refractivity contribution in [3.63, 3.8) is 0 Å². The van der Waals surface area contributed by atoms with Gasteiger partial charge in [-0.15, -0.1) is 0 Å². The van der Waals surface area contributed by atoms with Gasteiger partial charge in [0, 0.05) is 13.1 Å². The van der Waals surface area contributed by atoms with Crippen molar-refractivity contribution in [2.24, 2.45) is 11.8 Å². The van der Waals surface area contributed by atoms with Gasteiger partial charge in [-0.1, -0.05) is 19.3 Å². The van der Waals surface area contributed by atoms with E-state index >= 15 is 0 Å². The molecule has 3 fully saturated rings. The number of nitrogens with zero attached hydrogens (tertiary/aromatic N) is 1. The summed E-state index contributed by atoms with van der Waals surface area (Å²) in [5.41, 5.74) is -0.278. The average molecular weight is 264 g/mol. The molecule has 0 aromatic heterocycles. The van der Waals surface area contributed by atoms with Crippen LogP contribution in [0.1, 0.15) is 58.3 Å². The summed E-state index contributed by atoms with van der Waals surface area (Å²) in [7, 11) is 0. The minimum Gasteiger partial charge on any atom is -0.341 e. The molecule has 0 bridgehead atoms. The minimum atomic E-state index is -0.278. The van der Waals surface area contributed by atoms with E-state index in [1.165, 1.54) is 44.9 Å². The third-order valence-electron chi connectivity index (χ3n) is 5.67. The van der Waals surface area contributed by atoms with Crippen molar-refractivity contribution in [1.29, 1.82) is 0 Å². The van der Waals surface area contributed by atoms with E-state index in [1.807, 2.05) is 0 Å². The van der Waals surface area contributed by atoms with Gasteiger partial charge in [-0.05, 0) is 57.4 Å². The van der Waals surface area contributed by atoms with Gasteiger partial charge in [-0.3, -0.25) is 4.79 Å². The molecule has 1 aliphatic carbocycles. The van der Waals surface area contributed by atoms with Gasteiger partial charge in [0.25, 0.3) is 0 Å². The van der Waals surface area contributed by atoms with Crippen molar-refractivity contribution < 1.29 is 4.79 Å². The molecule has 1 amide bonds. The van der Waals surface area contributed by atoms with Gasteiger partial charge in [0.1, 0.15) is 0 Å². The lowest BCUT2D eigenvalue weighted by atomic mass is 9.74. The molecule has 3 aliphatic rings. The lowest BCUT2D eigenvalue weighted by Crippen LogP contribution is -2.60. The number of likely N-dealkylation sites (tertiary alicyclic amines) is 1. The van der Waals surface area contributed by atoms with E-state index < -0.39 is 0 Å². The number of amides is 1. The van der Waals surface area contributed by atoms with Gasteiger partial charge in [0.15, 0.2) is 0 Å². The number of hydrogen-bond acceptors (Lipinski definition) is 2. The first kappa shape index (κ1) is 13.4. The highest BCUT2D eigenvalue weighted by Gasteiger charge is 2.40. The van der Waals surface area contributed by atoms with Crippen molar-refractivity contribution >= 4 is 5.91 Å². The number of piperidine rings is 2. The quantitative estimate of drug-likeness (QED) is 0.789. The van der Waals surface area contributed by atoms with Gasteiger partial charge in [0.2, 0.25) is 5.91 Å². The molecule has 0 spiro atoms. The molecule has 108 valence electrons. The van der Waals surface area contributed by atoms with E-state index in [1.54, 1.807) is 0 Å². The Morgan fingerprint density at radius 2 is 1.89 bits per heavy atom. The molecule has 0 aromatic rings. The van der Waals surface area contributed by atoms with Gasteiger partial charge in [0.05, 0.1) is 5.54 Å². The van der Waals surface area contributed by atoms with E-state index in [2.05, 4.69) is 17.1 Å². The Balaban J connectivity index is 1.64. The van der Waals surface area contributed by atoms with Crippen LogP contribution in [0.15, 0.2) is 0 Å². The summed E-state index contributed by atoms with van der Waals surface area (Å²) in [5.74, 6) is 2.07. The van der Waals surface area contributed by atoms with Crippen molar-refractivity contribution in [1.82, 2.24) is 10.2 Å². The van der Waals surface area contributed by atoms with Gasteiger partial charge < -0.3 is 10.2 Å². The lowest BCUT2D eigenvalue weighted by molar-refractivity contribution is -0.142. The smallest absolute Gasteiger partial charge is 0.242 e. The molecule has 2 saturated heterocycles. The molecule has 2 aliphatic heterocycles. The first-order valence-corrected chi connectivity index (χ1v) is 8.23. The molecule has 3 rings (SSSR count). The first-order valence-electron chi connectivity index (χ1n) is 8.23. The molecule has 1 N–H and O–H groups in total. The van der Waals surface area contributed by atoms with Crippen LogP contribution < -0.4 is 5.32 Å². The maximum atomic E-state index is 12.8. The molecule has 3 unspecified atom stereocenters. The third kappa shape index (κ3) is 2.67. The molecule has 0 aromatic carbocycles. The summed E-state index contributed by atoms with van der Waals surface area (Å²) >= 11 is 0. The number of carbonyl (C=O) groups is 1. The Morgan fingerprint density at radius 1 is 1.11 bits per heavy atom. The van der Waals surface area contributed by atoms with Crippen LogP contribution in [0.2, 0.25) is 0 Å². The second-order valence-electron chi connectivity index (χ2n) is 7.06. The van der Waals surface area contributed by atoms with Crippen molar-refractivity contribution in [3.05, 3.63) is 0 Å². The molecule has 3 nitrogen and oxygen atoms in total. The monoisotopic (exact) mass is 264 g/mol. The van der Waals surface area contributed by atoms with Gasteiger partial charge in [-0.2, -0.15) is 0 Å². The molecule has 1 saturated carbocycles.